The molecular weight excluding hydrogens is 344 g/mol. The van der Waals surface area contributed by atoms with Gasteiger partial charge in [0.25, 0.3) is 5.91 Å². The minimum absolute atomic E-state index is 0.0778. The fourth-order valence-electron chi connectivity index (χ4n) is 4.33. The first kappa shape index (κ1) is 19.7. The number of ether oxygens (including phenoxy) is 1. The standard InChI is InChI=1S/C21H30N2O4/c1-16-14-17(27-2)4-5-18(16)20(26)22-11-8-21(9-12-22)7-6-19(25)23(15-21)10-3-13-24/h4-5,14,24H,3,6-13,15H2,1-2H3. The number of amides is 2. The van der Waals surface area contributed by atoms with Crippen LogP contribution in [0.3, 0.4) is 0 Å². The third-order valence-electron chi connectivity index (χ3n) is 6.11. The summed E-state index contributed by atoms with van der Waals surface area (Å²) >= 11 is 0. The maximum Gasteiger partial charge on any atom is 0.254 e. The molecule has 148 valence electrons. The number of aryl methyl sites for hydroxylation is 1. The molecule has 0 unspecified atom stereocenters. The quantitative estimate of drug-likeness (QED) is 0.858. The van der Waals surface area contributed by atoms with E-state index in [9.17, 15) is 9.59 Å². The molecule has 2 aliphatic rings. The molecule has 2 aliphatic heterocycles. The second kappa shape index (κ2) is 8.30. The van der Waals surface area contributed by atoms with Crippen LogP contribution in [0.25, 0.3) is 0 Å². The number of methoxy groups -OCH3 is 1. The predicted molar refractivity (Wildman–Crippen MR) is 103 cm³/mol. The molecule has 0 bridgehead atoms. The Labute approximate surface area is 161 Å². The summed E-state index contributed by atoms with van der Waals surface area (Å²) in [6, 6.07) is 5.57. The normalized spacial score (nSPS) is 19.4. The molecule has 2 saturated heterocycles. The zero-order chi connectivity index (χ0) is 19.4. The molecule has 1 spiro atoms. The minimum atomic E-state index is 0.0778. The van der Waals surface area contributed by atoms with E-state index >= 15 is 0 Å². The zero-order valence-electron chi connectivity index (χ0n) is 16.4. The first-order valence-electron chi connectivity index (χ1n) is 9.80. The monoisotopic (exact) mass is 374 g/mol. The van der Waals surface area contributed by atoms with E-state index in [2.05, 4.69) is 0 Å². The molecule has 6 nitrogen and oxygen atoms in total. The maximum atomic E-state index is 12.9. The molecular formula is C21H30N2O4. The third-order valence-corrected chi connectivity index (χ3v) is 6.11. The summed E-state index contributed by atoms with van der Waals surface area (Å²) in [4.78, 5) is 28.9. The minimum Gasteiger partial charge on any atom is -0.497 e. The van der Waals surface area contributed by atoms with Crippen molar-refractivity contribution in [2.75, 3.05) is 39.9 Å². The average molecular weight is 374 g/mol. The molecule has 0 radical (unpaired) electrons. The summed E-state index contributed by atoms with van der Waals surface area (Å²) in [7, 11) is 1.62. The Balaban J connectivity index is 1.63. The van der Waals surface area contributed by atoms with Crippen molar-refractivity contribution in [3.05, 3.63) is 29.3 Å². The van der Waals surface area contributed by atoms with E-state index in [-0.39, 0.29) is 23.8 Å². The Bertz CT molecular complexity index is 695. The van der Waals surface area contributed by atoms with Crippen LogP contribution in [0, 0.1) is 12.3 Å². The second-order valence-corrected chi connectivity index (χ2v) is 7.87. The molecule has 0 saturated carbocycles. The highest BCUT2D eigenvalue weighted by molar-refractivity contribution is 5.95. The lowest BCUT2D eigenvalue weighted by Crippen LogP contribution is -2.52. The lowest BCUT2D eigenvalue weighted by molar-refractivity contribution is -0.139. The van der Waals surface area contributed by atoms with Crippen LogP contribution in [0.1, 0.15) is 48.0 Å². The van der Waals surface area contributed by atoms with Gasteiger partial charge in [0.05, 0.1) is 7.11 Å². The Kier molecular flexibility index (Phi) is 6.05. The van der Waals surface area contributed by atoms with Crippen LogP contribution in [-0.4, -0.2) is 66.6 Å². The molecule has 2 amide bonds. The molecule has 0 atom stereocenters. The number of carbonyl (C=O) groups is 2. The van der Waals surface area contributed by atoms with Gasteiger partial charge in [-0.2, -0.15) is 0 Å². The number of nitrogens with zero attached hydrogens (tertiary/aromatic N) is 2. The van der Waals surface area contributed by atoms with Crippen LogP contribution in [0.15, 0.2) is 18.2 Å². The first-order chi connectivity index (χ1) is 13.0. The number of carbonyl (C=O) groups excluding carboxylic acids is 2. The van der Waals surface area contributed by atoms with E-state index in [0.717, 1.165) is 55.8 Å². The van der Waals surface area contributed by atoms with Crippen molar-refractivity contribution < 1.29 is 19.4 Å². The van der Waals surface area contributed by atoms with Crippen molar-refractivity contribution in [1.29, 1.82) is 0 Å². The Morgan fingerprint density at radius 1 is 1.26 bits per heavy atom. The summed E-state index contributed by atoms with van der Waals surface area (Å²) in [5.74, 6) is 1.03. The predicted octanol–water partition coefficient (Wildman–Crippen LogP) is 2.23. The van der Waals surface area contributed by atoms with Gasteiger partial charge in [-0.3, -0.25) is 9.59 Å². The van der Waals surface area contributed by atoms with Crippen LogP contribution in [0.4, 0.5) is 0 Å². The second-order valence-electron chi connectivity index (χ2n) is 7.87. The maximum absolute atomic E-state index is 12.9. The van der Waals surface area contributed by atoms with Crippen LogP contribution in [-0.2, 0) is 4.79 Å². The van der Waals surface area contributed by atoms with Gasteiger partial charge in [0, 0.05) is 44.8 Å². The zero-order valence-corrected chi connectivity index (χ0v) is 16.4. The van der Waals surface area contributed by atoms with Crippen LogP contribution >= 0.6 is 0 Å². The van der Waals surface area contributed by atoms with Gasteiger partial charge < -0.3 is 19.6 Å². The molecule has 27 heavy (non-hydrogen) atoms. The van der Waals surface area contributed by atoms with E-state index in [1.807, 2.05) is 34.9 Å². The lowest BCUT2D eigenvalue weighted by atomic mass is 9.72. The SMILES string of the molecule is COc1ccc(C(=O)N2CCC3(CCC(=O)N(CCCO)C3)CC2)c(C)c1. The average Bonchev–Trinajstić information content (AvgIpc) is 2.69. The van der Waals surface area contributed by atoms with E-state index in [0.29, 0.717) is 19.4 Å². The molecule has 0 aliphatic carbocycles. The Morgan fingerprint density at radius 3 is 2.63 bits per heavy atom. The summed E-state index contributed by atoms with van der Waals surface area (Å²) < 4.78 is 5.22. The van der Waals surface area contributed by atoms with Crippen molar-refractivity contribution >= 4 is 11.8 Å². The molecule has 0 aromatic heterocycles. The number of rotatable bonds is 5. The van der Waals surface area contributed by atoms with Gasteiger partial charge in [-0.25, -0.2) is 0 Å². The summed E-state index contributed by atoms with van der Waals surface area (Å²) in [5, 5.41) is 9.05. The van der Waals surface area contributed by atoms with Crippen LogP contribution in [0.5, 0.6) is 5.75 Å². The Morgan fingerprint density at radius 2 is 2.00 bits per heavy atom. The molecule has 2 heterocycles. The van der Waals surface area contributed by atoms with E-state index in [1.54, 1.807) is 7.11 Å². The van der Waals surface area contributed by atoms with E-state index in [4.69, 9.17) is 9.84 Å². The van der Waals surface area contributed by atoms with Gasteiger partial charge in [0.1, 0.15) is 5.75 Å². The van der Waals surface area contributed by atoms with Crippen molar-refractivity contribution in [1.82, 2.24) is 9.80 Å². The number of piperidine rings is 2. The highest BCUT2D eigenvalue weighted by Crippen LogP contribution is 2.40. The van der Waals surface area contributed by atoms with Crippen molar-refractivity contribution in [2.24, 2.45) is 5.41 Å². The number of aliphatic hydroxyl groups is 1. The molecule has 1 aromatic carbocycles. The number of likely N-dealkylation sites (tertiary alicyclic amines) is 2. The number of hydrogen-bond donors (Lipinski definition) is 1. The first-order valence-corrected chi connectivity index (χ1v) is 9.80. The Hall–Kier alpha value is -2.08. The lowest BCUT2D eigenvalue weighted by Gasteiger charge is -2.47. The number of aliphatic hydroxyl groups excluding tert-OH is 1. The summed E-state index contributed by atoms with van der Waals surface area (Å²) in [5.41, 5.74) is 1.78. The topological polar surface area (TPSA) is 70.1 Å². The van der Waals surface area contributed by atoms with Gasteiger partial charge in [0.2, 0.25) is 5.91 Å². The fourth-order valence-corrected chi connectivity index (χ4v) is 4.33. The van der Waals surface area contributed by atoms with Crippen molar-refractivity contribution in [3.63, 3.8) is 0 Å². The highest BCUT2D eigenvalue weighted by atomic mass is 16.5. The van der Waals surface area contributed by atoms with E-state index in [1.165, 1.54) is 0 Å². The molecule has 6 heteroatoms. The highest BCUT2D eigenvalue weighted by Gasteiger charge is 2.41. The number of benzene rings is 1. The van der Waals surface area contributed by atoms with Gasteiger partial charge in [-0.1, -0.05) is 0 Å². The fraction of sp³-hybridized carbons (Fsp3) is 0.619. The van der Waals surface area contributed by atoms with Gasteiger partial charge >= 0.3 is 0 Å². The third kappa shape index (κ3) is 4.26. The van der Waals surface area contributed by atoms with Crippen molar-refractivity contribution in [2.45, 2.75) is 39.0 Å². The molecule has 1 aromatic rings. The van der Waals surface area contributed by atoms with Gasteiger partial charge in [-0.05, 0) is 61.8 Å². The smallest absolute Gasteiger partial charge is 0.254 e. The molecule has 2 fully saturated rings. The van der Waals surface area contributed by atoms with Crippen molar-refractivity contribution in [3.8, 4) is 5.75 Å². The summed E-state index contributed by atoms with van der Waals surface area (Å²) in [6.07, 6.45) is 3.97. The number of hydrogen-bond acceptors (Lipinski definition) is 4. The van der Waals surface area contributed by atoms with Gasteiger partial charge in [0.15, 0.2) is 0 Å². The van der Waals surface area contributed by atoms with E-state index < -0.39 is 0 Å². The molecule has 1 N–H and O–H groups in total. The van der Waals surface area contributed by atoms with Gasteiger partial charge in [-0.15, -0.1) is 0 Å². The summed E-state index contributed by atoms with van der Waals surface area (Å²) in [6.45, 7) is 4.89. The molecule has 3 rings (SSSR count). The largest absolute Gasteiger partial charge is 0.497 e. The van der Waals surface area contributed by atoms with Crippen LogP contribution < -0.4 is 4.74 Å². The van der Waals surface area contributed by atoms with Crippen LogP contribution in [0.2, 0.25) is 0 Å².